The molecule has 1 unspecified atom stereocenters. The number of hydrogen-bond donors (Lipinski definition) is 1. The van der Waals surface area contributed by atoms with Gasteiger partial charge in [0.1, 0.15) is 5.76 Å². The molecule has 4 aromatic rings. The van der Waals surface area contributed by atoms with Gasteiger partial charge in [-0.2, -0.15) is 4.31 Å². The van der Waals surface area contributed by atoms with E-state index in [2.05, 4.69) is 16.7 Å². The number of aliphatic hydroxyl groups excluding tert-OH is 1. The standard InChI is InChI=1S/C23H26N2O4S/c1-17(2)30(27,28)24(16-19-8-7-13-29-19)14-18(26)15-25-22-11-5-3-9-20(22)21-10-4-6-12-23(21)25/h3-13,17-18,26H,14-16H2,1-2H3. The predicted octanol–water partition coefficient (Wildman–Crippen LogP) is 3.99. The van der Waals surface area contributed by atoms with E-state index < -0.39 is 21.4 Å². The van der Waals surface area contributed by atoms with Crippen LogP contribution in [0.2, 0.25) is 0 Å². The Kier molecular flexibility index (Phi) is 5.69. The molecule has 4 rings (SSSR count). The van der Waals surface area contributed by atoms with Gasteiger partial charge in [0.2, 0.25) is 10.0 Å². The average molecular weight is 427 g/mol. The molecule has 158 valence electrons. The van der Waals surface area contributed by atoms with Gasteiger partial charge in [-0.1, -0.05) is 36.4 Å². The lowest BCUT2D eigenvalue weighted by molar-refractivity contribution is 0.126. The Morgan fingerprint density at radius 3 is 2.10 bits per heavy atom. The van der Waals surface area contributed by atoms with Gasteiger partial charge in [-0.25, -0.2) is 8.42 Å². The zero-order chi connectivity index (χ0) is 21.3. The lowest BCUT2D eigenvalue weighted by Crippen LogP contribution is -2.41. The fraction of sp³-hybridized carbons (Fsp3) is 0.304. The topological polar surface area (TPSA) is 75.7 Å². The van der Waals surface area contributed by atoms with Crippen molar-refractivity contribution in [2.24, 2.45) is 0 Å². The van der Waals surface area contributed by atoms with E-state index in [1.165, 1.54) is 10.6 Å². The van der Waals surface area contributed by atoms with E-state index in [-0.39, 0.29) is 19.6 Å². The molecule has 2 aromatic carbocycles. The van der Waals surface area contributed by atoms with Crippen molar-refractivity contribution in [2.45, 2.75) is 38.3 Å². The average Bonchev–Trinajstić information content (AvgIpc) is 3.35. The van der Waals surface area contributed by atoms with Crippen molar-refractivity contribution in [1.29, 1.82) is 0 Å². The Morgan fingerprint density at radius 2 is 1.57 bits per heavy atom. The lowest BCUT2D eigenvalue weighted by atomic mass is 10.2. The number of fused-ring (bicyclic) bond motifs is 3. The fourth-order valence-electron chi connectivity index (χ4n) is 3.84. The van der Waals surface area contributed by atoms with Crippen LogP contribution in [0, 0.1) is 0 Å². The first-order valence-electron chi connectivity index (χ1n) is 10.0. The summed E-state index contributed by atoms with van der Waals surface area (Å²) in [7, 11) is -3.57. The third-order valence-electron chi connectivity index (χ3n) is 5.36. The molecule has 2 heterocycles. The monoisotopic (exact) mass is 426 g/mol. The Balaban J connectivity index is 1.64. The molecule has 1 N–H and O–H groups in total. The number of nitrogens with zero attached hydrogens (tertiary/aromatic N) is 2. The minimum Gasteiger partial charge on any atom is -0.468 e. The van der Waals surface area contributed by atoms with E-state index in [0.717, 1.165) is 21.8 Å². The van der Waals surface area contributed by atoms with Gasteiger partial charge in [0, 0.05) is 28.4 Å². The summed E-state index contributed by atoms with van der Waals surface area (Å²) >= 11 is 0. The fourth-order valence-corrected chi connectivity index (χ4v) is 5.12. The molecular weight excluding hydrogens is 400 g/mol. The van der Waals surface area contributed by atoms with Gasteiger partial charge >= 0.3 is 0 Å². The third kappa shape index (κ3) is 3.88. The number of aliphatic hydroxyl groups is 1. The van der Waals surface area contributed by atoms with Crippen molar-refractivity contribution in [3.8, 4) is 0 Å². The summed E-state index contributed by atoms with van der Waals surface area (Å²) < 4.78 is 34.5. The Hall–Kier alpha value is -2.61. The molecular formula is C23H26N2O4S. The highest BCUT2D eigenvalue weighted by molar-refractivity contribution is 7.89. The Morgan fingerprint density at radius 1 is 0.967 bits per heavy atom. The summed E-state index contributed by atoms with van der Waals surface area (Å²) in [4.78, 5) is 0. The second kappa shape index (κ2) is 8.26. The maximum Gasteiger partial charge on any atom is 0.216 e. The van der Waals surface area contributed by atoms with Crippen molar-refractivity contribution in [3.05, 3.63) is 72.7 Å². The highest BCUT2D eigenvalue weighted by Gasteiger charge is 2.29. The smallest absolute Gasteiger partial charge is 0.216 e. The van der Waals surface area contributed by atoms with Gasteiger partial charge in [-0.05, 0) is 38.1 Å². The van der Waals surface area contributed by atoms with Crippen LogP contribution in [0.1, 0.15) is 19.6 Å². The number of rotatable bonds is 8. The van der Waals surface area contributed by atoms with Crippen molar-refractivity contribution >= 4 is 31.8 Å². The van der Waals surface area contributed by atoms with Gasteiger partial charge < -0.3 is 14.1 Å². The van der Waals surface area contributed by atoms with Crippen molar-refractivity contribution < 1.29 is 17.9 Å². The summed E-state index contributed by atoms with van der Waals surface area (Å²) in [5.74, 6) is 0.545. The van der Waals surface area contributed by atoms with E-state index in [1.807, 2.05) is 36.4 Å². The molecule has 0 fully saturated rings. The summed E-state index contributed by atoms with van der Waals surface area (Å²) in [6, 6.07) is 19.6. The van der Waals surface area contributed by atoms with Crippen molar-refractivity contribution in [2.75, 3.05) is 6.54 Å². The molecule has 0 saturated heterocycles. The van der Waals surface area contributed by atoms with Crippen LogP contribution in [0.5, 0.6) is 0 Å². The number of para-hydroxylation sites is 2. The molecule has 30 heavy (non-hydrogen) atoms. The molecule has 2 aromatic heterocycles. The maximum atomic E-state index is 12.9. The maximum absolute atomic E-state index is 12.9. The van der Waals surface area contributed by atoms with Gasteiger partial charge in [-0.15, -0.1) is 0 Å². The number of furan rings is 1. The number of sulfonamides is 1. The first kappa shape index (κ1) is 20.7. The molecule has 0 aliphatic heterocycles. The first-order valence-corrected chi connectivity index (χ1v) is 11.5. The molecule has 0 aliphatic carbocycles. The van der Waals surface area contributed by atoms with Crippen LogP contribution in [0.3, 0.4) is 0 Å². The van der Waals surface area contributed by atoms with Crippen LogP contribution in [0.25, 0.3) is 21.8 Å². The Labute approximate surface area is 176 Å². The summed E-state index contributed by atoms with van der Waals surface area (Å²) in [5.41, 5.74) is 2.03. The molecule has 0 bridgehead atoms. The summed E-state index contributed by atoms with van der Waals surface area (Å²) in [5, 5.41) is 12.6. The van der Waals surface area contributed by atoms with E-state index in [4.69, 9.17) is 4.42 Å². The summed E-state index contributed by atoms with van der Waals surface area (Å²) in [6.07, 6.45) is 0.636. The van der Waals surface area contributed by atoms with E-state index in [9.17, 15) is 13.5 Å². The van der Waals surface area contributed by atoms with Crippen molar-refractivity contribution in [1.82, 2.24) is 8.87 Å². The molecule has 0 saturated carbocycles. The largest absolute Gasteiger partial charge is 0.468 e. The minimum absolute atomic E-state index is 0.0119. The first-order chi connectivity index (χ1) is 14.4. The molecule has 0 radical (unpaired) electrons. The predicted molar refractivity (Wildman–Crippen MR) is 119 cm³/mol. The van der Waals surface area contributed by atoms with E-state index in [1.54, 1.807) is 26.0 Å². The van der Waals surface area contributed by atoms with E-state index in [0.29, 0.717) is 5.76 Å². The quantitative estimate of drug-likeness (QED) is 0.462. The van der Waals surface area contributed by atoms with Gasteiger partial charge in [-0.3, -0.25) is 0 Å². The van der Waals surface area contributed by atoms with Crippen molar-refractivity contribution in [3.63, 3.8) is 0 Å². The molecule has 0 amide bonds. The van der Waals surface area contributed by atoms with E-state index >= 15 is 0 Å². The molecule has 7 heteroatoms. The van der Waals surface area contributed by atoms with Gasteiger partial charge in [0.15, 0.2) is 0 Å². The highest BCUT2D eigenvalue weighted by Crippen LogP contribution is 2.29. The number of benzene rings is 2. The van der Waals surface area contributed by atoms with Crippen LogP contribution in [0.15, 0.2) is 71.3 Å². The third-order valence-corrected chi connectivity index (χ3v) is 7.54. The molecule has 1 atom stereocenters. The minimum atomic E-state index is -3.57. The van der Waals surface area contributed by atoms with Crippen LogP contribution in [-0.2, 0) is 23.1 Å². The Bertz CT molecular complexity index is 1190. The SMILES string of the molecule is CC(C)S(=O)(=O)N(Cc1ccco1)CC(O)Cn1c2ccccc2c2ccccc21. The number of hydrogen-bond acceptors (Lipinski definition) is 4. The highest BCUT2D eigenvalue weighted by atomic mass is 32.2. The van der Waals surface area contributed by atoms with Crippen LogP contribution >= 0.6 is 0 Å². The van der Waals surface area contributed by atoms with Gasteiger partial charge in [0.05, 0.1) is 30.7 Å². The zero-order valence-electron chi connectivity index (χ0n) is 17.1. The second-order valence-electron chi connectivity index (χ2n) is 7.76. The number of aromatic nitrogens is 1. The van der Waals surface area contributed by atoms with Crippen LogP contribution in [0.4, 0.5) is 0 Å². The lowest BCUT2D eigenvalue weighted by Gasteiger charge is -2.26. The normalized spacial score (nSPS) is 13.6. The van der Waals surface area contributed by atoms with Gasteiger partial charge in [0.25, 0.3) is 0 Å². The molecule has 0 spiro atoms. The zero-order valence-corrected chi connectivity index (χ0v) is 17.9. The molecule has 6 nitrogen and oxygen atoms in total. The summed E-state index contributed by atoms with van der Waals surface area (Å²) in [6.45, 7) is 3.66. The van der Waals surface area contributed by atoms with Crippen LogP contribution in [-0.4, -0.2) is 40.3 Å². The van der Waals surface area contributed by atoms with Crippen LogP contribution < -0.4 is 0 Å². The second-order valence-corrected chi connectivity index (χ2v) is 10.3. The molecule has 0 aliphatic rings.